The number of hydrogen-bond acceptors (Lipinski definition) is 6. The Bertz CT molecular complexity index is 771. The number of nitro groups is 2. The molecule has 1 N–H and O–H groups in total. The highest BCUT2D eigenvalue weighted by Gasteiger charge is 2.13. The standard InChI is InChI=1S/C15H13N3O5/c1-10-2-5-12(8-14(10)18(22)23)16-9-15(19)11-3-6-13(7-4-11)17(20)21/h2-8,16H,9H2,1H3. The summed E-state index contributed by atoms with van der Waals surface area (Å²) in [6.07, 6.45) is 0. The summed E-state index contributed by atoms with van der Waals surface area (Å²) in [6.45, 7) is 1.56. The average molecular weight is 315 g/mol. The molecule has 2 rings (SSSR count). The lowest BCUT2D eigenvalue weighted by atomic mass is 10.1. The van der Waals surface area contributed by atoms with Gasteiger partial charge in [-0.15, -0.1) is 0 Å². The first kappa shape index (κ1) is 16.1. The van der Waals surface area contributed by atoms with Gasteiger partial charge < -0.3 is 5.32 Å². The molecule has 23 heavy (non-hydrogen) atoms. The number of carbonyl (C=O) groups is 1. The van der Waals surface area contributed by atoms with Gasteiger partial charge in [0.1, 0.15) is 0 Å². The van der Waals surface area contributed by atoms with E-state index in [0.717, 1.165) is 0 Å². The van der Waals surface area contributed by atoms with Crippen LogP contribution < -0.4 is 5.32 Å². The van der Waals surface area contributed by atoms with E-state index in [4.69, 9.17) is 0 Å². The van der Waals surface area contributed by atoms with Gasteiger partial charge in [0.2, 0.25) is 0 Å². The van der Waals surface area contributed by atoms with Gasteiger partial charge in [-0.2, -0.15) is 0 Å². The minimum Gasteiger partial charge on any atom is -0.377 e. The summed E-state index contributed by atoms with van der Waals surface area (Å²) < 4.78 is 0. The van der Waals surface area contributed by atoms with Crippen molar-refractivity contribution >= 4 is 22.8 Å². The number of hydrogen-bond donors (Lipinski definition) is 1. The second kappa shape index (κ2) is 6.65. The molecule has 0 aliphatic rings. The molecule has 0 aliphatic carbocycles. The lowest BCUT2D eigenvalue weighted by Crippen LogP contribution is -2.14. The van der Waals surface area contributed by atoms with E-state index in [1.165, 1.54) is 30.3 Å². The smallest absolute Gasteiger partial charge is 0.274 e. The highest BCUT2D eigenvalue weighted by atomic mass is 16.6. The predicted molar refractivity (Wildman–Crippen MR) is 83.8 cm³/mol. The number of non-ortho nitro benzene ring substituents is 1. The Morgan fingerprint density at radius 2 is 1.70 bits per heavy atom. The van der Waals surface area contributed by atoms with E-state index in [1.807, 2.05) is 0 Å². The monoisotopic (exact) mass is 315 g/mol. The second-order valence-electron chi connectivity index (χ2n) is 4.84. The first-order valence-corrected chi connectivity index (χ1v) is 6.65. The highest BCUT2D eigenvalue weighted by molar-refractivity contribution is 5.99. The number of aryl methyl sites for hydroxylation is 1. The van der Waals surface area contributed by atoms with Gasteiger partial charge in [0.05, 0.1) is 16.4 Å². The molecule has 0 aromatic heterocycles. The number of anilines is 1. The van der Waals surface area contributed by atoms with E-state index < -0.39 is 9.85 Å². The van der Waals surface area contributed by atoms with Crippen LogP contribution in [0, 0.1) is 27.2 Å². The fourth-order valence-electron chi connectivity index (χ4n) is 1.97. The van der Waals surface area contributed by atoms with Gasteiger partial charge in [-0.25, -0.2) is 0 Å². The number of nitrogens with zero attached hydrogens (tertiary/aromatic N) is 2. The van der Waals surface area contributed by atoms with Crippen molar-refractivity contribution in [1.82, 2.24) is 0 Å². The van der Waals surface area contributed by atoms with Gasteiger partial charge in [0, 0.05) is 35.0 Å². The van der Waals surface area contributed by atoms with Crippen molar-refractivity contribution in [2.45, 2.75) is 6.92 Å². The van der Waals surface area contributed by atoms with E-state index in [9.17, 15) is 25.0 Å². The van der Waals surface area contributed by atoms with E-state index in [0.29, 0.717) is 16.8 Å². The minimum absolute atomic E-state index is 0.0298. The number of nitro benzene ring substituents is 2. The average Bonchev–Trinajstić information content (AvgIpc) is 2.53. The Hall–Kier alpha value is -3.29. The summed E-state index contributed by atoms with van der Waals surface area (Å²) >= 11 is 0. The summed E-state index contributed by atoms with van der Waals surface area (Å²) in [5, 5.41) is 24.3. The number of carbonyl (C=O) groups excluding carboxylic acids is 1. The van der Waals surface area contributed by atoms with Crippen molar-refractivity contribution in [2.75, 3.05) is 11.9 Å². The van der Waals surface area contributed by atoms with E-state index in [-0.39, 0.29) is 23.7 Å². The van der Waals surface area contributed by atoms with Crippen molar-refractivity contribution < 1.29 is 14.6 Å². The van der Waals surface area contributed by atoms with Crippen molar-refractivity contribution in [3.8, 4) is 0 Å². The van der Waals surface area contributed by atoms with Crippen molar-refractivity contribution in [1.29, 1.82) is 0 Å². The van der Waals surface area contributed by atoms with Gasteiger partial charge in [-0.3, -0.25) is 25.0 Å². The van der Waals surface area contributed by atoms with Crippen LogP contribution in [0.25, 0.3) is 0 Å². The molecule has 0 unspecified atom stereocenters. The molecule has 8 heteroatoms. The molecule has 8 nitrogen and oxygen atoms in total. The van der Waals surface area contributed by atoms with Gasteiger partial charge >= 0.3 is 0 Å². The Kier molecular flexibility index (Phi) is 4.65. The zero-order valence-corrected chi connectivity index (χ0v) is 12.2. The van der Waals surface area contributed by atoms with E-state index in [2.05, 4.69) is 5.32 Å². The van der Waals surface area contributed by atoms with Crippen LogP contribution in [-0.4, -0.2) is 22.2 Å². The number of Topliss-reactive ketones (excluding diaryl/α,β-unsaturated/α-hetero) is 1. The minimum atomic E-state index is -0.544. The summed E-state index contributed by atoms with van der Waals surface area (Å²) in [5.41, 5.74) is 1.19. The molecule has 2 aromatic carbocycles. The third-order valence-electron chi connectivity index (χ3n) is 3.26. The lowest BCUT2D eigenvalue weighted by molar-refractivity contribution is -0.385. The third-order valence-corrected chi connectivity index (χ3v) is 3.26. The zero-order valence-electron chi connectivity index (χ0n) is 12.2. The summed E-state index contributed by atoms with van der Waals surface area (Å²) in [4.78, 5) is 32.4. The third kappa shape index (κ3) is 3.88. The molecule has 0 saturated heterocycles. The molecule has 0 atom stereocenters. The van der Waals surface area contributed by atoms with E-state index in [1.54, 1.807) is 19.1 Å². The topological polar surface area (TPSA) is 115 Å². The van der Waals surface area contributed by atoms with Gasteiger partial charge in [0.15, 0.2) is 5.78 Å². The Morgan fingerprint density at radius 1 is 1.04 bits per heavy atom. The number of nitrogens with one attached hydrogen (secondary N) is 1. The zero-order chi connectivity index (χ0) is 17.0. The molecule has 0 radical (unpaired) electrons. The molecule has 0 fully saturated rings. The van der Waals surface area contributed by atoms with Gasteiger partial charge in [0.25, 0.3) is 11.4 Å². The van der Waals surface area contributed by atoms with Crippen LogP contribution >= 0.6 is 0 Å². The first-order valence-electron chi connectivity index (χ1n) is 6.65. The molecule has 0 bridgehead atoms. The van der Waals surface area contributed by atoms with Crippen LogP contribution in [0.2, 0.25) is 0 Å². The molecule has 2 aromatic rings. The van der Waals surface area contributed by atoms with Crippen LogP contribution in [0.15, 0.2) is 42.5 Å². The summed E-state index contributed by atoms with van der Waals surface area (Å²) in [7, 11) is 0. The molecule has 0 heterocycles. The Labute approximate surface area is 131 Å². The van der Waals surface area contributed by atoms with Gasteiger partial charge in [-0.05, 0) is 25.1 Å². The van der Waals surface area contributed by atoms with Gasteiger partial charge in [-0.1, -0.05) is 6.07 Å². The first-order chi connectivity index (χ1) is 10.9. The number of rotatable bonds is 6. The maximum absolute atomic E-state index is 12.0. The van der Waals surface area contributed by atoms with Crippen LogP contribution in [0.3, 0.4) is 0 Å². The highest BCUT2D eigenvalue weighted by Crippen LogP contribution is 2.22. The quantitative estimate of drug-likeness (QED) is 0.497. The molecule has 118 valence electrons. The van der Waals surface area contributed by atoms with Crippen molar-refractivity contribution in [2.24, 2.45) is 0 Å². The molecule has 0 spiro atoms. The normalized spacial score (nSPS) is 10.1. The number of benzene rings is 2. The summed E-state index contributed by atoms with van der Waals surface area (Å²) in [5.74, 6) is -0.275. The largest absolute Gasteiger partial charge is 0.377 e. The number of ketones is 1. The molecule has 0 saturated carbocycles. The van der Waals surface area contributed by atoms with Crippen LogP contribution in [-0.2, 0) is 0 Å². The Morgan fingerprint density at radius 3 is 2.26 bits per heavy atom. The Balaban J connectivity index is 2.05. The molecular weight excluding hydrogens is 302 g/mol. The molecule has 0 aliphatic heterocycles. The van der Waals surface area contributed by atoms with E-state index >= 15 is 0 Å². The SMILES string of the molecule is Cc1ccc(NCC(=O)c2ccc([N+](=O)[O-])cc2)cc1[N+](=O)[O-]. The predicted octanol–water partition coefficient (Wildman–Crippen LogP) is 3.11. The van der Waals surface area contributed by atoms with Crippen LogP contribution in [0.5, 0.6) is 0 Å². The van der Waals surface area contributed by atoms with Crippen molar-refractivity contribution in [3.63, 3.8) is 0 Å². The second-order valence-corrected chi connectivity index (χ2v) is 4.84. The van der Waals surface area contributed by atoms with Crippen LogP contribution in [0.1, 0.15) is 15.9 Å². The summed E-state index contributed by atoms with van der Waals surface area (Å²) in [6, 6.07) is 9.86. The fourth-order valence-corrected chi connectivity index (χ4v) is 1.97. The molecule has 0 amide bonds. The molecular formula is C15H13N3O5. The van der Waals surface area contributed by atoms with Crippen LogP contribution in [0.4, 0.5) is 17.1 Å². The lowest BCUT2D eigenvalue weighted by Gasteiger charge is -2.07. The van der Waals surface area contributed by atoms with Crippen molar-refractivity contribution in [3.05, 3.63) is 73.8 Å². The maximum atomic E-state index is 12.0. The fraction of sp³-hybridized carbons (Fsp3) is 0.133. The maximum Gasteiger partial charge on any atom is 0.274 e.